The van der Waals surface area contributed by atoms with Crippen molar-refractivity contribution in [3.8, 4) is 5.69 Å². The van der Waals surface area contributed by atoms with E-state index in [0.29, 0.717) is 52.9 Å². The number of nitrogens with zero attached hydrogens (tertiary/aromatic N) is 3. The zero-order valence-corrected chi connectivity index (χ0v) is 20.6. The van der Waals surface area contributed by atoms with E-state index in [2.05, 4.69) is 5.32 Å². The van der Waals surface area contributed by atoms with Gasteiger partial charge in [-0.2, -0.15) is 0 Å². The summed E-state index contributed by atoms with van der Waals surface area (Å²) in [6.07, 6.45) is 1.02. The van der Waals surface area contributed by atoms with Gasteiger partial charge in [0, 0.05) is 17.6 Å². The van der Waals surface area contributed by atoms with E-state index in [9.17, 15) is 18.4 Å². The fraction of sp³-hybridized carbons (Fsp3) is 0.222. The van der Waals surface area contributed by atoms with Gasteiger partial charge in [0.15, 0.2) is 0 Å². The Labute approximate surface area is 212 Å². The van der Waals surface area contributed by atoms with Gasteiger partial charge in [0.1, 0.15) is 17.5 Å². The summed E-state index contributed by atoms with van der Waals surface area (Å²) in [4.78, 5) is 33.4. The van der Waals surface area contributed by atoms with Crippen LogP contribution in [0, 0.1) is 11.6 Å². The van der Waals surface area contributed by atoms with Crippen LogP contribution in [-0.2, 0) is 0 Å². The number of rotatable bonds is 7. The quantitative estimate of drug-likeness (QED) is 0.300. The molecule has 3 aromatic carbocycles. The Morgan fingerprint density at radius 2 is 1.86 bits per heavy atom. The first-order valence-electron chi connectivity index (χ1n) is 11.6. The molecule has 0 fully saturated rings. The van der Waals surface area contributed by atoms with Gasteiger partial charge >= 0.3 is 6.03 Å². The third kappa shape index (κ3) is 5.09. The van der Waals surface area contributed by atoms with Gasteiger partial charge in [-0.05, 0) is 55.3 Å². The molecule has 4 rings (SSSR count). The van der Waals surface area contributed by atoms with Crippen LogP contribution >= 0.6 is 11.6 Å². The lowest BCUT2D eigenvalue weighted by molar-refractivity contribution is 0.181. The van der Waals surface area contributed by atoms with Gasteiger partial charge in [-0.25, -0.2) is 18.6 Å². The van der Waals surface area contributed by atoms with Crippen molar-refractivity contribution in [3.63, 3.8) is 0 Å². The molecule has 0 bridgehead atoms. The largest absolute Gasteiger partial charge is 0.322 e. The average molecular weight is 511 g/mol. The molecule has 1 N–H and O–H groups in total. The van der Waals surface area contributed by atoms with E-state index in [0.717, 1.165) is 6.07 Å². The highest BCUT2D eigenvalue weighted by Crippen LogP contribution is 2.28. The first-order valence-corrected chi connectivity index (χ1v) is 12.0. The molecular weight excluding hydrogens is 486 g/mol. The summed E-state index contributed by atoms with van der Waals surface area (Å²) >= 11 is 6.24. The molecule has 4 aromatic rings. The second-order valence-corrected chi connectivity index (χ2v) is 8.72. The second kappa shape index (κ2) is 10.9. The smallest absolute Gasteiger partial charge is 0.314 e. The summed E-state index contributed by atoms with van der Waals surface area (Å²) in [5.74, 6) is -1.27. The number of para-hydroxylation sites is 1. The van der Waals surface area contributed by atoms with Crippen molar-refractivity contribution in [3.05, 3.63) is 99.6 Å². The third-order valence-corrected chi connectivity index (χ3v) is 6.06. The number of hydrogen-bond donors (Lipinski definition) is 1. The van der Waals surface area contributed by atoms with Crippen molar-refractivity contribution in [2.75, 3.05) is 11.9 Å². The van der Waals surface area contributed by atoms with Gasteiger partial charge in [-0.1, -0.05) is 43.6 Å². The molecule has 1 atom stereocenters. The average Bonchev–Trinajstić information content (AvgIpc) is 2.86. The van der Waals surface area contributed by atoms with E-state index < -0.39 is 23.7 Å². The Hall–Kier alpha value is -3.78. The Morgan fingerprint density at radius 1 is 1.08 bits per heavy atom. The van der Waals surface area contributed by atoms with E-state index in [1.807, 2.05) is 13.8 Å². The van der Waals surface area contributed by atoms with Crippen molar-refractivity contribution >= 4 is 34.2 Å². The number of carbonyl (C=O) groups excluding carboxylic acids is 1. The third-order valence-electron chi connectivity index (χ3n) is 5.83. The van der Waals surface area contributed by atoms with Crippen LogP contribution in [0.15, 0.2) is 71.5 Å². The number of amides is 2. The molecule has 9 heteroatoms. The number of carbonyl (C=O) groups is 1. The van der Waals surface area contributed by atoms with Crippen LogP contribution in [0.5, 0.6) is 0 Å². The van der Waals surface area contributed by atoms with Crippen LogP contribution < -0.4 is 10.9 Å². The van der Waals surface area contributed by atoms with Gasteiger partial charge in [0.2, 0.25) is 0 Å². The van der Waals surface area contributed by atoms with Crippen molar-refractivity contribution < 1.29 is 13.6 Å². The number of halogens is 3. The molecule has 0 radical (unpaired) electrons. The number of fused-ring (bicyclic) bond motifs is 1. The van der Waals surface area contributed by atoms with E-state index in [1.165, 1.54) is 15.5 Å². The second-order valence-electron chi connectivity index (χ2n) is 8.28. The van der Waals surface area contributed by atoms with E-state index in [-0.39, 0.29) is 11.2 Å². The zero-order valence-electron chi connectivity index (χ0n) is 19.8. The first-order chi connectivity index (χ1) is 17.3. The molecule has 1 heterocycles. The first kappa shape index (κ1) is 25.3. The van der Waals surface area contributed by atoms with Crippen LogP contribution in [0.3, 0.4) is 0 Å². The minimum Gasteiger partial charge on any atom is -0.314 e. The standard InChI is InChI=1S/C27H25ClF2N4O2/c1-3-14-33(27(36)32-23-13-12-18(29)16-21(23)30)24(4-2)25-31-22-11-6-5-10-20(22)26(35)34(25)19-9-7-8-17(28)15-19/h5-13,15-16,24H,3-4,14H2,1-2H3,(H,32,36). The number of anilines is 1. The summed E-state index contributed by atoms with van der Waals surface area (Å²) in [6, 6.07) is 15.6. The van der Waals surface area contributed by atoms with Crippen LogP contribution in [-0.4, -0.2) is 27.0 Å². The van der Waals surface area contributed by atoms with Gasteiger partial charge in [-0.3, -0.25) is 9.36 Å². The molecule has 0 aliphatic carbocycles. The highest BCUT2D eigenvalue weighted by Gasteiger charge is 2.29. The molecule has 1 unspecified atom stereocenters. The van der Waals surface area contributed by atoms with Gasteiger partial charge in [0.25, 0.3) is 5.56 Å². The Kier molecular flexibility index (Phi) is 7.64. The number of benzene rings is 3. The molecular formula is C27H25ClF2N4O2. The van der Waals surface area contributed by atoms with Crippen molar-refractivity contribution in [1.29, 1.82) is 0 Å². The number of urea groups is 1. The van der Waals surface area contributed by atoms with E-state index in [4.69, 9.17) is 16.6 Å². The fourth-order valence-corrected chi connectivity index (χ4v) is 4.38. The van der Waals surface area contributed by atoms with Crippen LogP contribution in [0.2, 0.25) is 5.02 Å². The number of nitrogens with one attached hydrogen (secondary N) is 1. The van der Waals surface area contributed by atoms with Gasteiger partial charge in [-0.15, -0.1) is 0 Å². The SMILES string of the molecule is CCCN(C(=O)Nc1ccc(F)cc1F)C(CC)c1nc2ccccc2c(=O)n1-c1cccc(Cl)c1. The van der Waals surface area contributed by atoms with Crippen molar-refractivity contribution in [1.82, 2.24) is 14.5 Å². The predicted octanol–water partition coefficient (Wildman–Crippen LogP) is 6.71. The lowest BCUT2D eigenvalue weighted by atomic mass is 10.1. The normalized spacial score (nSPS) is 11.9. The topological polar surface area (TPSA) is 67.2 Å². The molecule has 1 aromatic heterocycles. The molecule has 0 spiro atoms. The molecule has 0 aliphatic heterocycles. The molecule has 0 saturated heterocycles. The van der Waals surface area contributed by atoms with E-state index in [1.54, 1.807) is 48.5 Å². The molecule has 36 heavy (non-hydrogen) atoms. The number of hydrogen-bond acceptors (Lipinski definition) is 3. The molecule has 0 saturated carbocycles. The maximum Gasteiger partial charge on any atom is 0.322 e. The summed E-state index contributed by atoms with van der Waals surface area (Å²) in [5.41, 5.74) is 0.574. The van der Waals surface area contributed by atoms with Gasteiger partial charge in [0.05, 0.1) is 28.3 Å². The van der Waals surface area contributed by atoms with Crippen LogP contribution in [0.25, 0.3) is 16.6 Å². The summed E-state index contributed by atoms with van der Waals surface area (Å²) < 4.78 is 29.1. The highest BCUT2D eigenvalue weighted by atomic mass is 35.5. The Bertz CT molecular complexity index is 1470. The zero-order chi connectivity index (χ0) is 25.8. The molecule has 0 aliphatic rings. The minimum absolute atomic E-state index is 0.143. The molecule has 6 nitrogen and oxygen atoms in total. The predicted molar refractivity (Wildman–Crippen MR) is 138 cm³/mol. The minimum atomic E-state index is -0.882. The maximum atomic E-state index is 14.3. The molecule has 2 amide bonds. The highest BCUT2D eigenvalue weighted by molar-refractivity contribution is 6.30. The lowest BCUT2D eigenvalue weighted by Crippen LogP contribution is -2.41. The lowest BCUT2D eigenvalue weighted by Gasteiger charge is -2.32. The van der Waals surface area contributed by atoms with E-state index >= 15 is 0 Å². The van der Waals surface area contributed by atoms with Crippen LogP contribution in [0.1, 0.15) is 38.6 Å². The summed E-state index contributed by atoms with van der Waals surface area (Å²) in [7, 11) is 0. The summed E-state index contributed by atoms with van der Waals surface area (Å²) in [5, 5.41) is 3.41. The van der Waals surface area contributed by atoms with Gasteiger partial charge < -0.3 is 10.2 Å². The van der Waals surface area contributed by atoms with Crippen LogP contribution in [0.4, 0.5) is 19.3 Å². The summed E-state index contributed by atoms with van der Waals surface area (Å²) in [6.45, 7) is 4.09. The monoisotopic (exact) mass is 510 g/mol. The van der Waals surface area contributed by atoms with Crippen molar-refractivity contribution in [2.24, 2.45) is 0 Å². The molecule has 186 valence electrons. The number of aromatic nitrogens is 2. The Balaban J connectivity index is 1.86. The van der Waals surface area contributed by atoms with Crippen molar-refractivity contribution in [2.45, 2.75) is 32.7 Å². The maximum absolute atomic E-state index is 14.3. The fourth-order valence-electron chi connectivity index (χ4n) is 4.20. The Morgan fingerprint density at radius 3 is 2.56 bits per heavy atom.